The van der Waals surface area contributed by atoms with Gasteiger partial charge in [-0.3, -0.25) is 9.59 Å². The first-order valence-electron chi connectivity index (χ1n) is 8.52. The van der Waals surface area contributed by atoms with Crippen LogP contribution in [0, 0.1) is 6.92 Å². The standard InChI is InChI=1S/C20H22N2O3S/c1-12(2)16-6-5-15(8-13(16)3)25-10-19(23)21-14-4-7-18-17(9-14)22-20(24)11-26-18/h4-9,12H,10-11H2,1-3H3,(H,21,23)(H,22,24). The number of rotatable bonds is 5. The third-order valence-electron chi connectivity index (χ3n) is 4.13. The summed E-state index contributed by atoms with van der Waals surface area (Å²) in [6, 6.07) is 11.4. The van der Waals surface area contributed by atoms with E-state index in [2.05, 4.69) is 24.5 Å². The quantitative estimate of drug-likeness (QED) is 0.828. The summed E-state index contributed by atoms with van der Waals surface area (Å²) in [5.41, 5.74) is 3.79. The Morgan fingerprint density at radius 3 is 2.81 bits per heavy atom. The van der Waals surface area contributed by atoms with Crippen molar-refractivity contribution in [3.63, 3.8) is 0 Å². The van der Waals surface area contributed by atoms with Gasteiger partial charge in [0.1, 0.15) is 5.75 Å². The molecule has 5 nitrogen and oxygen atoms in total. The molecular weight excluding hydrogens is 348 g/mol. The first kappa shape index (κ1) is 18.3. The molecule has 2 amide bonds. The molecular formula is C20H22N2O3S. The Kier molecular flexibility index (Phi) is 5.52. The molecule has 0 aliphatic carbocycles. The molecule has 0 atom stereocenters. The van der Waals surface area contributed by atoms with Crippen LogP contribution in [0.25, 0.3) is 0 Å². The van der Waals surface area contributed by atoms with Crippen LogP contribution in [-0.4, -0.2) is 24.2 Å². The molecule has 0 unspecified atom stereocenters. The molecule has 0 bridgehead atoms. The van der Waals surface area contributed by atoms with Crippen LogP contribution in [0.4, 0.5) is 11.4 Å². The molecule has 3 rings (SSSR count). The number of hydrogen-bond acceptors (Lipinski definition) is 4. The van der Waals surface area contributed by atoms with Crippen molar-refractivity contribution in [2.24, 2.45) is 0 Å². The number of aryl methyl sites for hydroxylation is 1. The summed E-state index contributed by atoms with van der Waals surface area (Å²) in [6.45, 7) is 6.27. The smallest absolute Gasteiger partial charge is 0.262 e. The Bertz CT molecular complexity index is 849. The van der Waals surface area contributed by atoms with Gasteiger partial charge in [0.05, 0.1) is 11.4 Å². The van der Waals surface area contributed by atoms with Crippen LogP contribution in [-0.2, 0) is 9.59 Å². The number of ether oxygens (including phenoxy) is 1. The van der Waals surface area contributed by atoms with E-state index in [0.717, 1.165) is 16.1 Å². The number of anilines is 2. The van der Waals surface area contributed by atoms with Crippen molar-refractivity contribution in [1.29, 1.82) is 0 Å². The van der Waals surface area contributed by atoms with Gasteiger partial charge in [-0.2, -0.15) is 0 Å². The highest BCUT2D eigenvalue weighted by atomic mass is 32.2. The van der Waals surface area contributed by atoms with E-state index in [1.165, 1.54) is 17.3 Å². The van der Waals surface area contributed by atoms with Gasteiger partial charge >= 0.3 is 0 Å². The van der Waals surface area contributed by atoms with Crippen LogP contribution >= 0.6 is 11.8 Å². The summed E-state index contributed by atoms with van der Waals surface area (Å²) in [6.07, 6.45) is 0. The number of benzene rings is 2. The minimum atomic E-state index is -0.245. The molecule has 0 saturated heterocycles. The predicted molar refractivity (Wildman–Crippen MR) is 105 cm³/mol. The summed E-state index contributed by atoms with van der Waals surface area (Å²) in [5, 5.41) is 5.61. The van der Waals surface area contributed by atoms with Gasteiger partial charge in [0, 0.05) is 10.6 Å². The van der Waals surface area contributed by atoms with Crippen molar-refractivity contribution in [1.82, 2.24) is 0 Å². The second-order valence-electron chi connectivity index (χ2n) is 6.56. The number of nitrogens with one attached hydrogen (secondary N) is 2. The van der Waals surface area contributed by atoms with Crippen molar-refractivity contribution in [3.05, 3.63) is 47.5 Å². The lowest BCUT2D eigenvalue weighted by Crippen LogP contribution is -2.21. The third-order valence-corrected chi connectivity index (χ3v) is 5.20. The lowest BCUT2D eigenvalue weighted by atomic mass is 9.98. The predicted octanol–water partition coefficient (Wildman–Crippen LogP) is 4.18. The minimum absolute atomic E-state index is 0.0328. The largest absolute Gasteiger partial charge is 0.484 e. The van der Waals surface area contributed by atoms with E-state index in [4.69, 9.17) is 4.74 Å². The summed E-state index contributed by atoms with van der Waals surface area (Å²) < 4.78 is 5.60. The lowest BCUT2D eigenvalue weighted by Gasteiger charge is -2.17. The van der Waals surface area contributed by atoms with Crippen LogP contribution < -0.4 is 15.4 Å². The van der Waals surface area contributed by atoms with Crippen LogP contribution in [0.5, 0.6) is 5.75 Å². The normalized spacial score (nSPS) is 13.2. The molecule has 1 aliphatic heterocycles. The maximum Gasteiger partial charge on any atom is 0.262 e. The molecule has 0 aromatic heterocycles. The summed E-state index contributed by atoms with van der Waals surface area (Å²) in [5.74, 6) is 1.27. The fourth-order valence-electron chi connectivity index (χ4n) is 2.89. The van der Waals surface area contributed by atoms with Crippen LogP contribution in [0.3, 0.4) is 0 Å². The van der Waals surface area contributed by atoms with Gasteiger partial charge in [-0.25, -0.2) is 0 Å². The second-order valence-corrected chi connectivity index (χ2v) is 7.57. The molecule has 1 heterocycles. The second kappa shape index (κ2) is 7.83. The first-order chi connectivity index (χ1) is 12.4. The van der Waals surface area contributed by atoms with E-state index >= 15 is 0 Å². The number of amides is 2. The number of hydrogen-bond donors (Lipinski definition) is 2. The highest BCUT2D eigenvalue weighted by Gasteiger charge is 2.16. The molecule has 1 aliphatic rings. The molecule has 2 aromatic rings. The van der Waals surface area contributed by atoms with E-state index < -0.39 is 0 Å². The Balaban J connectivity index is 1.59. The van der Waals surface area contributed by atoms with Gasteiger partial charge in [0.2, 0.25) is 5.91 Å². The number of carbonyl (C=O) groups excluding carboxylic acids is 2. The molecule has 2 aromatic carbocycles. The average molecular weight is 370 g/mol. The highest BCUT2D eigenvalue weighted by Crippen LogP contribution is 2.33. The SMILES string of the molecule is Cc1cc(OCC(=O)Nc2ccc3c(c2)NC(=O)CS3)ccc1C(C)C. The Labute approximate surface area is 157 Å². The topological polar surface area (TPSA) is 67.4 Å². The van der Waals surface area contributed by atoms with E-state index in [1.807, 2.05) is 37.3 Å². The molecule has 0 saturated carbocycles. The van der Waals surface area contributed by atoms with Crippen LogP contribution in [0.1, 0.15) is 30.9 Å². The van der Waals surface area contributed by atoms with E-state index in [9.17, 15) is 9.59 Å². The fourth-order valence-corrected chi connectivity index (χ4v) is 3.68. The Hall–Kier alpha value is -2.47. The Morgan fingerprint density at radius 1 is 1.27 bits per heavy atom. The van der Waals surface area contributed by atoms with Gasteiger partial charge in [0.15, 0.2) is 6.61 Å². The van der Waals surface area contributed by atoms with Crippen molar-refractivity contribution >= 4 is 35.0 Å². The van der Waals surface area contributed by atoms with Crippen LogP contribution in [0.2, 0.25) is 0 Å². The van der Waals surface area contributed by atoms with Gasteiger partial charge in [-0.15, -0.1) is 11.8 Å². The molecule has 136 valence electrons. The fraction of sp³-hybridized carbons (Fsp3) is 0.300. The van der Waals surface area contributed by atoms with Crippen molar-refractivity contribution in [2.75, 3.05) is 23.0 Å². The van der Waals surface area contributed by atoms with Crippen molar-refractivity contribution in [3.8, 4) is 5.75 Å². The average Bonchev–Trinajstić information content (AvgIpc) is 2.59. The molecule has 6 heteroatoms. The van der Waals surface area contributed by atoms with Gasteiger partial charge in [0.25, 0.3) is 5.91 Å². The zero-order chi connectivity index (χ0) is 18.7. The zero-order valence-corrected chi connectivity index (χ0v) is 15.9. The van der Waals surface area contributed by atoms with Crippen molar-refractivity contribution in [2.45, 2.75) is 31.6 Å². The number of carbonyl (C=O) groups is 2. The van der Waals surface area contributed by atoms with Gasteiger partial charge in [-0.05, 0) is 54.3 Å². The summed E-state index contributed by atoms with van der Waals surface area (Å²) in [7, 11) is 0. The third kappa shape index (κ3) is 4.38. The van der Waals surface area contributed by atoms with Gasteiger partial charge < -0.3 is 15.4 Å². The maximum absolute atomic E-state index is 12.1. The van der Waals surface area contributed by atoms with E-state index in [0.29, 0.717) is 23.1 Å². The summed E-state index contributed by atoms with van der Waals surface area (Å²) >= 11 is 1.49. The molecule has 0 spiro atoms. The van der Waals surface area contributed by atoms with E-state index in [-0.39, 0.29) is 18.4 Å². The van der Waals surface area contributed by atoms with E-state index in [1.54, 1.807) is 6.07 Å². The lowest BCUT2D eigenvalue weighted by molar-refractivity contribution is -0.118. The summed E-state index contributed by atoms with van der Waals surface area (Å²) in [4.78, 5) is 24.6. The van der Waals surface area contributed by atoms with Gasteiger partial charge in [-0.1, -0.05) is 19.9 Å². The molecule has 0 radical (unpaired) electrons. The minimum Gasteiger partial charge on any atom is -0.484 e. The maximum atomic E-state index is 12.1. The monoisotopic (exact) mass is 370 g/mol. The molecule has 26 heavy (non-hydrogen) atoms. The first-order valence-corrected chi connectivity index (χ1v) is 9.51. The molecule has 0 fully saturated rings. The number of fused-ring (bicyclic) bond motifs is 1. The Morgan fingerprint density at radius 2 is 2.08 bits per heavy atom. The molecule has 2 N–H and O–H groups in total. The van der Waals surface area contributed by atoms with Crippen molar-refractivity contribution < 1.29 is 14.3 Å². The number of thioether (sulfide) groups is 1. The zero-order valence-electron chi connectivity index (χ0n) is 15.1. The van der Waals surface area contributed by atoms with Crippen LogP contribution in [0.15, 0.2) is 41.3 Å². The highest BCUT2D eigenvalue weighted by molar-refractivity contribution is 8.00.